The second-order valence-corrected chi connectivity index (χ2v) is 5.37. The van der Waals surface area contributed by atoms with Crippen LogP contribution in [0.25, 0.3) is 0 Å². The highest BCUT2D eigenvalue weighted by Crippen LogP contribution is 2.20. The van der Waals surface area contributed by atoms with Crippen LogP contribution in [0, 0.1) is 6.92 Å². The molecule has 0 radical (unpaired) electrons. The zero-order valence-corrected chi connectivity index (χ0v) is 12.5. The molecule has 0 unspecified atom stereocenters. The van der Waals surface area contributed by atoms with Gasteiger partial charge in [0.05, 0.1) is 5.69 Å². The van der Waals surface area contributed by atoms with E-state index in [2.05, 4.69) is 24.8 Å². The smallest absolute Gasteiger partial charge is 0.248 e. The van der Waals surface area contributed by atoms with E-state index >= 15 is 0 Å². The van der Waals surface area contributed by atoms with Crippen molar-refractivity contribution < 1.29 is 0 Å². The predicted molar refractivity (Wildman–Crippen MR) is 83.3 cm³/mol. The Hall–Kier alpha value is -2.08. The summed E-state index contributed by atoms with van der Waals surface area (Å²) in [6, 6.07) is 5.19. The van der Waals surface area contributed by atoms with Crippen LogP contribution in [0.2, 0.25) is 5.15 Å². The van der Waals surface area contributed by atoms with Gasteiger partial charge in [-0.25, -0.2) is 9.97 Å². The summed E-state index contributed by atoms with van der Waals surface area (Å²) in [5.41, 5.74) is 0.953. The van der Waals surface area contributed by atoms with Gasteiger partial charge >= 0.3 is 0 Å². The first-order chi connectivity index (χ1) is 10.1. The lowest BCUT2D eigenvalue weighted by molar-refractivity contribution is 0.645. The van der Waals surface area contributed by atoms with Crippen molar-refractivity contribution in [1.29, 1.82) is 0 Å². The van der Waals surface area contributed by atoms with Crippen molar-refractivity contribution in [2.24, 2.45) is 0 Å². The van der Waals surface area contributed by atoms with Crippen molar-refractivity contribution in [3.05, 3.63) is 45.7 Å². The maximum absolute atomic E-state index is 11.1. The van der Waals surface area contributed by atoms with Gasteiger partial charge in [-0.2, -0.15) is 0 Å². The SMILES string of the molecule is Cc1nc(Cl)cc(N2CCN(c3ccc(=O)[nH]c3)CC2)n1. The van der Waals surface area contributed by atoms with Crippen LogP contribution in [0.1, 0.15) is 5.82 Å². The third-order valence-corrected chi connectivity index (χ3v) is 3.72. The van der Waals surface area contributed by atoms with Crippen molar-refractivity contribution >= 4 is 23.1 Å². The number of pyridine rings is 1. The molecule has 0 aromatic carbocycles. The molecule has 7 heteroatoms. The van der Waals surface area contributed by atoms with E-state index in [4.69, 9.17) is 11.6 Å². The normalized spacial score (nSPS) is 15.3. The molecule has 0 spiro atoms. The highest BCUT2D eigenvalue weighted by Gasteiger charge is 2.19. The molecule has 0 aliphatic carbocycles. The molecule has 6 nitrogen and oxygen atoms in total. The maximum atomic E-state index is 11.1. The number of nitrogens with zero attached hydrogens (tertiary/aromatic N) is 4. The fourth-order valence-corrected chi connectivity index (χ4v) is 2.69. The first-order valence-electron chi connectivity index (χ1n) is 6.82. The van der Waals surface area contributed by atoms with Crippen LogP contribution in [0.15, 0.2) is 29.2 Å². The molecule has 0 atom stereocenters. The first kappa shape index (κ1) is 13.9. The minimum atomic E-state index is -0.0801. The predicted octanol–water partition coefficient (Wildman–Crippen LogP) is 1.45. The summed E-state index contributed by atoms with van der Waals surface area (Å²) in [7, 11) is 0. The molecule has 1 aliphatic heterocycles. The molecule has 3 rings (SSSR count). The van der Waals surface area contributed by atoms with Crippen molar-refractivity contribution in [1.82, 2.24) is 15.0 Å². The zero-order valence-electron chi connectivity index (χ0n) is 11.7. The number of aromatic amines is 1. The van der Waals surface area contributed by atoms with E-state index in [0.29, 0.717) is 11.0 Å². The molecule has 1 aliphatic rings. The van der Waals surface area contributed by atoms with Gasteiger partial charge in [0, 0.05) is 44.5 Å². The lowest BCUT2D eigenvalue weighted by atomic mass is 10.2. The van der Waals surface area contributed by atoms with Crippen molar-refractivity contribution in [3.8, 4) is 0 Å². The monoisotopic (exact) mass is 305 g/mol. The summed E-state index contributed by atoms with van der Waals surface area (Å²) in [6.07, 6.45) is 1.75. The molecule has 0 saturated carbocycles. The summed E-state index contributed by atoms with van der Waals surface area (Å²) < 4.78 is 0. The first-order valence-corrected chi connectivity index (χ1v) is 7.19. The van der Waals surface area contributed by atoms with E-state index < -0.39 is 0 Å². The van der Waals surface area contributed by atoms with Gasteiger partial charge in [-0.1, -0.05) is 11.6 Å². The lowest BCUT2D eigenvalue weighted by Gasteiger charge is -2.36. The molecule has 2 aromatic rings. The zero-order chi connectivity index (χ0) is 14.8. The number of anilines is 2. The summed E-state index contributed by atoms with van der Waals surface area (Å²) in [6.45, 7) is 5.28. The van der Waals surface area contributed by atoms with Crippen molar-refractivity contribution in [3.63, 3.8) is 0 Å². The van der Waals surface area contributed by atoms with Gasteiger partial charge in [0.2, 0.25) is 5.56 Å². The number of hydrogen-bond acceptors (Lipinski definition) is 5. The summed E-state index contributed by atoms with van der Waals surface area (Å²) in [4.78, 5) is 26.8. The minimum Gasteiger partial charge on any atom is -0.367 e. The van der Waals surface area contributed by atoms with Gasteiger partial charge in [0.25, 0.3) is 0 Å². The molecule has 21 heavy (non-hydrogen) atoms. The topological polar surface area (TPSA) is 65.1 Å². The van der Waals surface area contributed by atoms with Crippen LogP contribution < -0.4 is 15.4 Å². The standard InChI is InChI=1S/C14H16ClN5O/c1-10-17-12(15)8-13(18-10)20-6-4-19(5-7-20)11-2-3-14(21)16-9-11/h2-3,8-9H,4-7H2,1H3,(H,16,21). The molecule has 110 valence electrons. The Morgan fingerprint density at radius 3 is 2.48 bits per heavy atom. The number of aryl methyl sites for hydroxylation is 1. The molecular formula is C14H16ClN5O. The fraction of sp³-hybridized carbons (Fsp3) is 0.357. The molecule has 3 heterocycles. The Balaban J connectivity index is 1.70. The van der Waals surface area contributed by atoms with Crippen molar-refractivity contribution in [2.45, 2.75) is 6.92 Å². The number of H-pyrrole nitrogens is 1. The molecule has 2 aromatic heterocycles. The van der Waals surface area contributed by atoms with Crippen LogP contribution in [-0.2, 0) is 0 Å². The minimum absolute atomic E-state index is 0.0801. The van der Waals surface area contributed by atoms with E-state index in [1.54, 1.807) is 18.3 Å². The second kappa shape index (κ2) is 5.73. The van der Waals surface area contributed by atoms with Gasteiger partial charge in [-0.15, -0.1) is 0 Å². The summed E-state index contributed by atoms with van der Waals surface area (Å²) >= 11 is 5.99. The number of nitrogens with one attached hydrogen (secondary N) is 1. The van der Waals surface area contributed by atoms with E-state index in [1.807, 2.05) is 13.0 Å². The van der Waals surface area contributed by atoms with Crippen LogP contribution in [0.4, 0.5) is 11.5 Å². The number of aromatic nitrogens is 3. The number of piperazine rings is 1. The van der Waals surface area contributed by atoms with E-state index in [9.17, 15) is 4.79 Å². The average molecular weight is 306 g/mol. The van der Waals surface area contributed by atoms with Crippen LogP contribution in [-0.4, -0.2) is 41.1 Å². The lowest BCUT2D eigenvalue weighted by Crippen LogP contribution is -2.47. The van der Waals surface area contributed by atoms with E-state index in [1.165, 1.54) is 0 Å². The number of rotatable bonds is 2. The van der Waals surface area contributed by atoms with Crippen LogP contribution in [0.3, 0.4) is 0 Å². The Bertz CT molecular complexity index is 653. The fourth-order valence-electron chi connectivity index (χ4n) is 2.47. The third kappa shape index (κ3) is 3.16. The molecule has 1 saturated heterocycles. The van der Waals surface area contributed by atoms with Crippen molar-refractivity contribution in [2.75, 3.05) is 36.0 Å². The van der Waals surface area contributed by atoms with Gasteiger partial charge in [-0.3, -0.25) is 4.79 Å². The largest absolute Gasteiger partial charge is 0.367 e. The van der Waals surface area contributed by atoms with Gasteiger partial charge in [0.1, 0.15) is 16.8 Å². The highest BCUT2D eigenvalue weighted by atomic mass is 35.5. The van der Waals surface area contributed by atoms with E-state index in [0.717, 1.165) is 37.7 Å². The van der Waals surface area contributed by atoms with Gasteiger partial charge in [-0.05, 0) is 13.0 Å². The summed E-state index contributed by atoms with van der Waals surface area (Å²) in [5, 5.41) is 0.473. The Morgan fingerprint density at radius 1 is 1.14 bits per heavy atom. The van der Waals surface area contributed by atoms with Crippen LogP contribution >= 0.6 is 11.6 Å². The van der Waals surface area contributed by atoms with Gasteiger partial charge in [0.15, 0.2) is 0 Å². The maximum Gasteiger partial charge on any atom is 0.248 e. The van der Waals surface area contributed by atoms with Gasteiger partial charge < -0.3 is 14.8 Å². The number of hydrogen-bond donors (Lipinski definition) is 1. The Morgan fingerprint density at radius 2 is 1.86 bits per heavy atom. The molecule has 0 bridgehead atoms. The average Bonchev–Trinajstić information content (AvgIpc) is 2.47. The molecule has 0 amide bonds. The van der Waals surface area contributed by atoms with E-state index in [-0.39, 0.29) is 5.56 Å². The molecular weight excluding hydrogens is 290 g/mol. The quantitative estimate of drug-likeness (QED) is 0.851. The van der Waals surface area contributed by atoms with Crippen LogP contribution in [0.5, 0.6) is 0 Å². The number of halogens is 1. The Kier molecular flexibility index (Phi) is 3.79. The molecule has 1 fully saturated rings. The third-order valence-electron chi connectivity index (χ3n) is 3.53. The molecule has 1 N–H and O–H groups in total. The second-order valence-electron chi connectivity index (χ2n) is 4.98. The highest BCUT2D eigenvalue weighted by molar-refractivity contribution is 6.29. The Labute approximate surface area is 127 Å². The summed E-state index contributed by atoms with van der Waals surface area (Å²) in [5.74, 6) is 1.55.